The molecule has 1 atom stereocenters. The van der Waals surface area contributed by atoms with Gasteiger partial charge in [0.2, 0.25) is 5.54 Å². The number of carbonyl (C=O) groups excluding carboxylic acids is 1. The molecule has 1 aromatic rings. The van der Waals surface area contributed by atoms with E-state index < -0.39 is 22.1 Å². The molecular formula is C10H9Cl2NO3. The average Bonchev–Trinajstić information content (AvgIpc) is 2.27. The maximum atomic E-state index is 11.9. The van der Waals surface area contributed by atoms with Crippen molar-refractivity contribution >= 4 is 35.0 Å². The zero-order valence-electron chi connectivity index (χ0n) is 8.06. The van der Waals surface area contributed by atoms with Crippen LogP contribution in [0.15, 0.2) is 30.3 Å². The van der Waals surface area contributed by atoms with Crippen molar-refractivity contribution in [3.05, 3.63) is 35.9 Å². The Kier molecular flexibility index (Phi) is 3.91. The highest BCUT2D eigenvalue weighted by Gasteiger charge is 2.48. The number of alkyl halides is 2. The SMILES string of the molecule is NC(C(=O)O)(C(=O)c1ccccc1)C(Cl)Cl. The fourth-order valence-electron chi connectivity index (χ4n) is 1.12. The quantitative estimate of drug-likeness (QED) is 0.489. The lowest BCUT2D eigenvalue weighted by atomic mass is 9.92. The number of benzene rings is 1. The van der Waals surface area contributed by atoms with Gasteiger partial charge in [0.1, 0.15) is 4.84 Å². The summed E-state index contributed by atoms with van der Waals surface area (Å²) in [5.74, 6) is -2.38. The van der Waals surface area contributed by atoms with Crippen LogP contribution in [0, 0.1) is 0 Å². The van der Waals surface area contributed by atoms with Gasteiger partial charge in [0, 0.05) is 5.56 Å². The minimum Gasteiger partial charge on any atom is -0.479 e. The summed E-state index contributed by atoms with van der Waals surface area (Å²) in [5.41, 5.74) is 3.27. The monoisotopic (exact) mass is 261 g/mol. The highest BCUT2D eigenvalue weighted by molar-refractivity contribution is 6.49. The van der Waals surface area contributed by atoms with Crippen molar-refractivity contribution in [3.63, 3.8) is 0 Å². The largest absolute Gasteiger partial charge is 0.479 e. The first-order chi connectivity index (χ1) is 7.40. The van der Waals surface area contributed by atoms with Gasteiger partial charge < -0.3 is 10.8 Å². The third-order valence-electron chi connectivity index (χ3n) is 2.11. The van der Waals surface area contributed by atoms with E-state index in [4.69, 9.17) is 34.0 Å². The molecule has 0 aromatic heterocycles. The molecule has 0 aliphatic rings. The molecule has 0 radical (unpaired) electrons. The molecule has 0 fully saturated rings. The third kappa shape index (κ3) is 2.19. The predicted octanol–water partition coefficient (Wildman–Crippen LogP) is 1.46. The van der Waals surface area contributed by atoms with Crippen molar-refractivity contribution in [2.75, 3.05) is 0 Å². The van der Waals surface area contributed by atoms with Crippen molar-refractivity contribution in [1.82, 2.24) is 0 Å². The van der Waals surface area contributed by atoms with Crippen LogP contribution in [-0.4, -0.2) is 27.2 Å². The number of Topliss-reactive ketones (excluding diaryl/α,β-unsaturated/α-hetero) is 1. The lowest BCUT2D eigenvalue weighted by molar-refractivity contribution is -0.140. The van der Waals surface area contributed by atoms with Gasteiger partial charge in [0.15, 0.2) is 5.78 Å². The molecule has 0 saturated carbocycles. The number of aliphatic carboxylic acids is 1. The summed E-state index contributed by atoms with van der Waals surface area (Å²) in [7, 11) is 0. The van der Waals surface area contributed by atoms with Crippen molar-refractivity contribution in [3.8, 4) is 0 Å². The van der Waals surface area contributed by atoms with E-state index >= 15 is 0 Å². The molecule has 0 bridgehead atoms. The second-order valence-electron chi connectivity index (χ2n) is 3.17. The van der Waals surface area contributed by atoms with Crippen LogP contribution in [-0.2, 0) is 4.79 Å². The number of carboxylic acid groups (broad SMARTS) is 1. The molecule has 6 heteroatoms. The number of ketones is 1. The Balaban J connectivity index is 3.17. The van der Waals surface area contributed by atoms with Crippen LogP contribution in [0.4, 0.5) is 0 Å². The van der Waals surface area contributed by atoms with Gasteiger partial charge in [-0.1, -0.05) is 30.3 Å². The van der Waals surface area contributed by atoms with Gasteiger partial charge in [-0.15, -0.1) is 23.2 Å². The van der Waals surface area contributed by atoms with E-state index in [-0.39, 0.29) is 5.56 Å². The minimum absolute atomic E-state index is 0.152. The number of hydrogen-bond donors (Lipinski definition) is 2. The van der Waals surface area contributed by atoms with E-state index in [1.807, 2.05) is 0 Å². The molecule has 4 nitrogen and oxygen atoms in total. The maximum absolute atomic E-state index is 11.9. The molecule has 0 heterocycles. The molecule has 86 valence electrons. The first-order valence-corrected chi connectivity index (χ1v) is 5.18. The number of nitrogens with two attached hydrogens (primary N) is 1. The molecule has 0 aliphatic heterocycles. The number of rotatable bonds is 4. The van der Waals surface area contributed by atoms with E-state index in [9.17, 15) is 9.59 Å². The molecule has 0 amide bonds. The fourth-order valence-corrected chi connectivity index (χ4v) is 1.50. The number of carbonyl (C=O) groups is 2. The molecule has 1 rings (SSSR count). The molecule has 0 spiro atoms. The van der Waals surface area contributed by atoms with Crippen molar-refractivity contribution in [2.45, 2.75) is 10.4 Å². The maximum Gasteiger partial charge on any atom is 0.334 e. The van der Waals surface area contributed by atoms with E-state index in [1.54, 1.807) is 18.2 Å². The lowest BCUT2D eigenvalue weighted by Gasteiger charge is -2.24. The molecule has 16 heavy (non-hydrogen) atoms. The normalized spacial score (nSPS) is 14.5. The van der Waals surface area contributed by atoms with Gasteiger partial charge in [-0.3, -0.25) is 4.79 Å². The summed E-state index contributed by atoms with van der Waals surface area (Å²) in [4.78, 5) is 21.3. The first kappa shape index (κ1) is 13.0. The Morgan fingerprint density at radius 3 is 2.12 bits per heavy atom. The topological polar surface area (TPSA) is 80.4 Å². The molecule has 0 aliphatic carbocycles. The molecule has 0 saturated heterocycles. The Labute approximate surface area is 102 Å². The van der Waals surface area contributed by atoms with E-state index in [1.165, 1.54) is 12.1 Å². The van der Waals surface area contributed by atoms with Crippen LogP contribution in [0.25, 0.3) is 0 Å². The molecule has 3 N–H and O–H groups in total. The Morgan fingerprint density at radius 2 is 1.75 bits per heavy atom. The summed E-state index contributed by atoms with van der Waals surface area (Å²) < 4.78 is 0. The van der Waals surface area contributed by atoms with E-state index in [0.29, 0.717) is 0 Å². The Bertz CT molecular complexity index is 408. The summed E-state index contributed by atoms with van der Waals surface area (Å²) in [6, 6.07) is 7.76. The van der Waals surface area contributed by atoms with Crippen molar-refractivity contribution in [2.24, 2.45) is 5.73 Å². The van der Waals surface area contributed by atoms with Crippen molar-refractivity contribution < 1.29 is 14.7 Å². The van der Waals surface area contributed by atoms with Gasteiger partial charge in [0.25, 0.3) is 0 Å². The van der Waals surface area contributed by atoms with Crippen LogP contribution in [0.1, 0.15) is 10.4 Å². The number of carboxylic acids is 1. The second-order valence-corrected chi connectivity index (χ2v) is 4.27. The van der Waals surface area contributed by atoms with Gasteiger partial charge in [-0.25, -0.2) is 4.79 Å². The lowest BCUT2D eigenvalue weighted by Crippen LogP contribution is -2.59. The zero-order chi connectivity index (χ0) is 12.3. The van der Waals surface area contributed by atoms with Gasteiger partial charge in [-0.2, -0.15) is 0 Å². The number of hydrogen-bond acceptors (Lipinski definition) is 3. The minimum atomic E-state index is -2.33. The Morgan fingerprint density at radius 1 is 1.25 bits per heavy atom. The zero-order valence-corrected chi connectivity index (χ0v) is 9.57. The van der Waals surface area contributed by atoms with Crippen LogP contribution < -0.4 is 5.73 Å². The molecule has 1 unspecified atom stereocenters. The van der Waals surface area contributed by atoms with E-state index in [0.717, 1.165) is 0 Å². The van der Waals surface area contributed by atoms with Gasteiger partial charge in [0.05, 0.1) is 0 Å². The van der Waals surface area contributed by atoms with Crippen LogP contribution in [0.2, 0.25) is 0 Å². The average molecular weight is 262 g/mol. The molecule has 1 aromatic carbocycles. The van der Waals surface area contributed by atoms with Crippen LogP contribution >= 0.6 is 23.2 Å². The fraction of sp³-hybridized carbons (Fsp3) is 0.200. The number of halogens is 2. The third-order valence-corrected chi connectivity index (χ3v) is 2.80. The van der Waals surface area contributed by atoms with Crippen LogP contribution in [0.5, 0.6) is 0 Å². The standard InChI is InChI=1S/C10H9Cl2NO3/c11-8(12)10(13,9(15)16)7(14)6-4-2-1-3-5-6/h1-5,8H,13H2,(H,15,16). The summed E-state index contributed by atoms with van der Waals surface area (Å²) in [6.45, 7) is 0. The van der Waals surface area contributed by atoms with E-state index in [2.05, 4.69) is 0 Å². The first-order valence-electron chi connectivity index (χ1n) is 4.31. The molecular weight excluding hydrogens is 253 g/mol. The van der Waals surface area contributed by atoms with Crippen molar-refractivity contribution in [1.29, 1.82) is 0 Å². The highest BCUT2D eigenvalue weighted by atomic mass is 35.5. The van der Waals surface area contributed by atoms with Gasteiger partial charge in [-0.05, 0) is 0 Å². The second kappa shape index (κ2) is 4.82. The smallest absolute Gasteiger partial charge is 0.334 e. The van der Waals surface area contributed by atoms with Crippen LogP contribution in [0.3, 0.4) is 0 Å². The predicted molar refractivity (Wildman–Crippen MR) is 60.8 cm³/mol. The Hall–Kier alpha value is -1.10. The summed E-state index contributed by atoms with van der Waals surface area (Å²) in [6.07, 6.45) is 0. The summed E-state index contributed by atoms with van der Waals surface area (Å²) >= 11 is 10.9. The summed E-state index contributed by atoms with van der Waals surface area (Å²) in [5, 5.41) is 8.92. The van der Waals surface area contributed by atoms with Gasteiger partial charge >= 0.3 is 5.97 Å². The highest BCUT2D eigenvalue weighted by Crippen LogP contribution is 2.23.